The Hall–Kier alpha value is -2.56. The summed E-state index contributed by atoms with van der Waals surface area (Å²) in [5.74, 6) is -0.503. The van der Waals surface area contributed by atoms with Crippen molar-refractivity contribution >= 4 is 11.6 Å². The molecule has 114 valence electrons. The number of hydrogen-bond acceptors (Lipinski definition) is 1. The minimum absolute atomic E-state index is 0.0134. The van der Waals surface area contributed by atoms with E-state index < -0.39 is 17.6 Å². The van der Waals surface area contributed by atoms with Gasteiger partial charge >= 0.3 is 6.18 Å². The molecule has 0 heterocycles. The molecule has 5 heteroatoms. The van der Waals surface area contributed by atoms with Gasteiger partial charge in [0.1, 0.15) is 0 Å². The third-order valence-electron chi connectivity index (χ3n) is 3.06. The van der Waals surface area contributed by atoms with Gasteiger partial charge in [-0.05, 0) is 30.3 Å². The van der Waals surface area contributed by atoms with Gasteiger partial charge in [0.25, 0.3) is 5.91 Å². The molecule has 0 spiro atoms. The third-order valence-corrected chi connectivity index (χ3v) is 3.06. The molecule has 0 saturated carbocycles. The number of benzene rings is 2. The van der Waals surface area contributed by atoms with Gasteiger partial charge in [0.2, 0.25) is 0 Å². The van der Waals surface area contributed by atoms with Crippen molar-refractivity contribution in [3.63, 3.8) is 0 Å². The molecule has 0 bridgehead atoms. The van der Waals surface area contributed by atoms with E-state index in [1.165, 1.54) is 23.1 Å². The normalized spacial score (nSPS) is 11.0. The maximum Gasteiger partial charge on any atom is 0.416 e. The SMILES string of the molecule is C=CCN(C(=O)c1cccc(C(F)(F)F)c1)c1ccccc1. The number of anilines is 1. The Labute approximate surface area is 126 Å². The number of hydrogen-bond donors (Lipinski definition) is 0. The second-order valence-electron chi connectivity index (χ2n) is 4.62. The van der Waals surface area contributed by atoms with E-state index in [1.807, 2.05) is 0 Å². The van der Waals surface area contributed by atoms with Crippen molar-refractivity contribution in [3.8, 4) is 0 Å². The van der Waals surface area contributed by atoms with Gasteiger partial charge in [-0.15, -0.1) is 6.58 Å². The fraction of sp³-hybridized carbons (Fsp3) is 0.118. The summed E-state index contributed by atoms with van der Waals surface area (Å²) in [6.45, 7) is 3.79. The van der Waals surface area contributed by atoms with Crippen molar-refractivity contribution in [2.24, 2.45) is 0 Å². The second-order valence-corrected chi connectivity index (χ2v) is 4.62. The lowest BCUT2D eigenvalue weighted by Gasteiger charge is -2.21. The van der Waals surface area contributed by atoms with Crippen LogP contribution in [0.4, 0.5) is 18.9 Å². The van der Waals surface area contributed by atoms with Crippen LogP contribution in [-0.4, -0.2) is 12.5 Å². The van der Waals surface area contributed by atoms with Gasteiger partial charge in [-0.25, -0.2) is 0 Å². The molecule has 0 atom stereocenters. The number of rotatable bonds is 4. The Morgan fingerprint density at radius 1 is 1.09 bits per heavy atom. The molecule has 2 nitrogen and oxygen atoms in total. The Balaban J connectivity index is 2.38. The predicted molar refractivity (Wildman–Crippen MR) is 79.8 cm³/mol. The first-order chi connectivity index (χ1) is 10.4. The number of carbonyl (C=O) groups is 1. The molecule has 0 unspecified atom stereocenters. The third kappa shape index (κ3) is 3.55. The Morgan fingerprint density at radius 3 is 2.36 bits per heavy atom. The standard InChI is InChI=1S/C17H14F3NO/c1-2-11-21(15-9-4-3-5-10-15)16(22)13-7-6-8-14(12-13)17(18,19)20/h2-10,12H,1,11H2. The van der Waals surface area contributed by atoms with E-state index in [1.54, 1.807) is 30.3 Å². The zero-order chi connectivity index (χ0) is 16.2. The summed E-state index contributed by atoms with van der Waals surface area (Å²) in [7, 11) is 0. The molecular formula is C17H14F3NO. The Morgan fingerprint density at radius 2 is 1.77 bits per heavy atom. The van der Waals surface area contributed by atoms with E-state index in [9.17, 15) is 18.0 Å². The first-order valence-electron chi connectivity index (χ1n) is 6.58. The monoisotopic (exact) mass is 305 g/mol. The zero-order valence-corrected chi connectivity index (χ0v) is 11.7. The van der Waals surface area contributed by atoms with Gasteiger partial charge in [0, 0.05) is 17.8 Å². The molecule has 22 heavy (non-hydrogen) atoms. The molecule has 2 rings (SSSR count). The maximum atomic E-state index is 12.8. The van der Waals surface area contributed by atoms with Crippen molar-refractivity contribution in [1.82, 2.24) is 0 Å². The molecule has 1 amide bonds. The first-order valence-corrected chi connectivity index (χ1v) is 6.58. The van der Waals surface area contributed by atoms with Crippen molar-refractivity contribution in [1.29, 1.82) is 0 Å². The molecule has 0 radical (unpaired) electrons. The average Bonchev–Trinajstić information content (AvgIpc) is 2.52. The highest BCUT2D eigenvalue weighted by Gasteiger charge is 2.31. The number of alkyl halides is 3. The molecule has 0 aliphatic rings. The molecule has 0 aliphatic heterocycles. The molecule has 0 aromatic heterocycles. The van der Waals surface area contributed by atoms with E-state index in [0.29, 0.717) is 5.69 Å². The number of amides is 1. The summed E-state index contributed by atoms with van der Waals surface area (Å²) in [6.07, 6.45) is -2.95. The Kier molecular flexibility index (Phi) is 4.65. The van der Waals surface area contributed by atoms with Crippen LogP contribution in [0.3, 0.4) is 0 Å². The number of nitrogens with zero attached hydrogens (tertiary/aromatic N) is 1. The summed E-state index contributed by atoms with van der Waals surface area (Å²) in [5, 5.41) is 0. The van der Waals surface area contributed by atoms with Crippen molar-refractivity contribution in [3.05, 3.63) is 78.4 Å². The minimum atomic E-state index is -4.48. The summed E-state index contributed by atoms with van der Waals surface area (Å²) in [5.41, 5.74) is -0.254. The first kappa shape index (κ1) is 15.8. The van der Waals surface area contributed by atoms with Crippen LogP contribution < -0.4 is 4.90 Å². The smallest absolute Gasteiger partial charge is 0.305 e. The molecular weight excluding hydrogens is 291 g/mol. The summed E-state index contributed by atoms with van der Waals surface area (Å²) in [6, 6.07) is 13.1. The van der Waals surface area contributed by atoms with E-state index in [0.717, 1.165) is 12.1 Å². The van der Waals surface area contributed by atoms with Gasteiger partial charge in [-0.3, -0.25) is 4.79 Å². The number of carbonyl (C=O) groups excluding carboxylic acids is 1. The predicted octanol–water partition coefficient (Wildman–Crippen LogP) is 4.54. The molecule has 2 aromatic carbocycles. The summed E-state index contributed by atoms with van der Waals surface area (Å²) >= 11 is 0. The number of para-hydroxylation sites is 1. The lowest BCUT2D eigenvalue weighted by Crippen LogP contribution is -2.31. The van der Waals surface area contributed by atoms with Crippen LogP contribution in [0.2, 0.25) is 0 Å². The van der Waals surface area contributed by atoms with Crippen molar-refractivity contribution < 1.29 is 18.0 Å². The highest BCUT2D eigenvalue weighted by Crippen LogP contribution is 2.30. The average molecular weight is 305 g/mol. The largest absolute Gasteiger partial charge is 0.416 e. The van der Waals surface area contributed by atoms with Gasteiger partial charge in [-0.2, -0.15) is 13.2 Å². The Bertz CT molecular complexity index is 665. The fourth-order valence-electron chi connectivity index (χ4n) is 2.03. The quantitative estimate of drug-likeness (QED) is 0.760. The van der Waals surface area contributed by atoms with Crippen LogP contribution in [-0.2, 0) is 6.18 Å². The van der Waals surface area contributed by atoms with Crippen LogP contribution in [0.15, 0.2) is 67.3 Å². The van der Waals surface area contributed by atoms with Gasteiger partial charge < -0.3 is 4.90 Å². The molecule has 0 aliphatic carbocycles. The van der Waals surface area contributed by atoms with Gasteiger partial charge in [-0.1, -0.05) is 30.3 Å². The zero-order valence-electron chi connectivity index (χ0n) is 11.7. The maximum absolute atomic E-state index is 12.8. The van der Waals surface area contributed by atoms with E-state index >= 15 is 0 Å². The van der Waals surface area contributed by atoms with Crippen molar-refractivity contribution in [2.75, 3.05) is 11.4 Å². The lowest BCUT2D eigenvalue weighted by atomic mass is 10.1. The topological polar surface area (TPSA) is 20.3 Å². The summed E-state index contributed by atoms with van der Waals surface area (Å²) < 4.78 is 38.3. The van der Waals surface area contributed by atoms with Gasteiger partial charge in [0.05, 0.1) is 5.56 Å². The second kappa shape index (κ2) is 6.47. The van der Waals surface area contributed by atoms with Crippen LogP contribution >= 0.6 is 0 Å². The molecule has 0 saturated heterocycles. The highest BCUT2D eigenvalue weighted by atomic mass is 19.4. The number of halogens is 3. The van der Waals surface area contributed by atoms with Crippen LogP contribution in [0.5, 0.6) is 0 Å². The minimum Gasteiger partial charge on any atom is -0.305 e. The van der Waals surface area contributed by atoms with Crippen LogP contribution in [0, 0.1) is 0 Å². The highest BCUT2D eigenvalue weighted by molar-refractivity contribution is 6.06. The molecule has 0 N–H and O–H groups in total. The fourth-order valence-corrected chi connectivity index (χ4v) is 2.03. The van der Waals surface area contributed by atoms with Crippen LogP contribution in [0.1, 0.15) is 15.9 Å². The molecule has 0 fully saturated rings. The van der Waals surface area contributed by atoms with Crippen molar-refractivity contribution in [2.45, 2.75) is 6.18 Å². The van der Waals surface area contributed by atoms with E-state index in [-0.39, 0.29) is 12.1 Å². The van der Waals surface area contributed by atoms with Crippen LogP contribution in [0.25, 0.3) is 0 Å². The molecule has 2 aromatic rings. The van der Waals surface area contributed by atoms with Gasteiger partial charge in [0.15, 0.2) is 0 Å². The summed E-state index contributed by atoms with van der Waals surface area (Å²) in [4.78, 5) is 13.9. The van der Waals surface area contributed by atoms with E-state index in [4.69, 9.17) is 0 Å². The van der Waals surface area contributed by atoms with E-state index in [2.05, 4.69) is 6.58 Å². The lowest BCUT2D eigenvalue weighted by molar-refractivity contribution is -0.137.